The number of fused-ring (bicyclic) bond motifs is 3. The van der Waals surface area contributed by atoms with Gasteiger partial charge in [-0.2, -0.15) is 5.10 Å². The van der Waals surface area contributed by atoms with Gasteiger partial charge in [0.1, 0.15) is 34.9 Å². The van der Waals surface area contributed by atoms with E-state index in [0.717, 1.165) is 34.4 Å². The average Bonchev–Trinajstić information content (AvgIpc) is 2.88. The Morgan fingerprint density at radius 2 is 2.00 bits per heavy atom. The van der Waals surface area contributed by atoms with Crippen LogP contribution in [0.4, 0.5) is 0 Å². The summed E-state index contributed by atoms with van der Waals surface area (Å²) in [7, 11) is 1.65. The number of methoxy groups -OCH3 is 1. The minimum atomic E-state index is -0.0896. The van der Waals surface area contributed by atoms with Gasteiger partial charge in [-0.3, -0.25) is 0 Å². The zero-order chi connectivity index (χ0) is 15.8. The lowest BCUT2D eigenvalue weighted by molar-refractivity contribution is 0.208. The van der Waals surface area contributed by atoms with Crippen molar-refractivity contribution in [3.63, 3.8) is 0 Å². The number of benzene rings is 2. The highest BCUT2D eigenvalue weighted by Crippen LogP contribution is 2.36. The molecule has 3 aromatic rings. The minimum Gasteiger partial charge on any atom is -0.497 e. The molecule has 0 amide bonds. The largest absolute Gasteiger partial charge is 0.497 e. The van der Waals surface area contributed by atoms with Gasteiger partial charge >= 0.3 is 0 Å². The molecule has 1 aliphatic heterocycles. The van der Waals surface area contributed by atoms with Crippen LogP contribution >= 0.6 is 0 Å². The summed E-state index contributed by atoms with van der Waals surface area (Å²) in [5, 5.41) is 4.53. The number of hydrogen-bond acceptors (Lipinski definition) is 4. The van der Waals surface area contributed by atoms with Gasteiger partial charge in [-0.15, -0.1) is 0 Å². The molecule has 1 unspecified atom stereocenters. The number of aryl methyl sites for hydroxylation is 1. The van der Waals surface area contributed by atoms with Crippen molar-refractivity contribution in [1.29, 1.82) is 0 Å². The van der Waals surface area contributed by atoms with Gasteiger partial charge in [-0.25, -0.2) is 9.67 Å². The van der Waals surface area contributed by atoms with Gasteiger partial charge in [-0.05, 0) is 24.6 Å². The average molecular weight is 307 g/mol. The monoisotopic (exact) mass is 307 g/mol. The zero-order valence-electron chi connectivity index (χ0n) is 13.1. The standard InChI is InChI=1S/C18H17N3O2/c1-12-19-18-11-17(13-6-4-3-5-7-13)23-16-9-8-14(22-2)10-15(16)21(18)20-12/h3-10,17H,11H2,1-2H3. The number of nitrogens with zero attached hydrogens (tertiary/aromatic N) is 3. The van der Waals surface area contributed by atoms with Gasteiger partial charge in [0.25, 0.3) is 0 Å². The van der Waals surface area contributed by atoms with Crippen molar-refractivity contribution in [1.82, 2.24) is 14.8 Å². The Kier molecular flexibility index (Phi) is 3.26. The number of rotatable bonds is 2. The maximum Gasteiger partial charge on any atom is 0.148 e. The minimum absolute atomic E-state index is 0.0896. The first-order valence-corrected chi connectivity index (χ1v) is 7.57. The second-order valence-corrected chi connectivity index (χ2v) is 5.54. The van der Waals surface area contributed by atoms with E-state index >= 15 is 0 Å². The maximum absolute atomic E-state index is 6.27. The molecule has 0 saturated carbocycles. The number of hydrogen-bond donors (Lipinski definition) is 0. The second kappa shape index (κ2) is 5.43. The van der Waals surface area contributed by atoms with Gasteiger partial charge < -0.3 is 9.47 Å². The van der Waals surface area contributed by atoms with E-state index in [1.807, 2.05) is 48.0 Å². The lowest BCUT2D eigenvalue weighted by atomic mass is 10.1. The summed E-state index contributed by atoms with van der Waals surface area (Å²) in [6.07, 6.45) is 0.579. The predicted molar refractivity (Wildman–Crippen MR) is 86.2 cm³/mol. The highest BCUT2D eigenvalue weighted by molar-refractivity contribution is 5.52. The summed E-state index contributed by atoms with van der Waals surface area (Å²) in [5.74, 6) is 3.19. The fraction of sp³-hybridized carbons (Fsp3) is 0.222. The predicted octanol–water partition coefficient (Wildman–Crippen LogP) is 3.26. The van der Waals surface area contributed by atoms with Crippen LogP contribution in [0.2, 0.25) is 0 Å². The van der Waals surface area contributed by atoms with Gasteiger partial charge in [0.15, 0.2) is 0 Å². The molecule has 5 nitrogen and oxygen atoms in total. The molecule has 0 fully saturated rings. The van der Waals surface area contributed by atoms with Crippen LogP contribution in [-0.2, 0) is 6.42 Å². The van der Waals surface area contributed by atoms with Crippen LogP contribution in [-0.4, -0.2) is 21.9 Å². The third-order valence-corrected chi connectivity index (χ3v) is 3.98. The van der Waals surface area contributed by atoms with Crippen LogP contribution < -0.4 is 9.47 Å². The Hall–Kier alpha value is -2.82. The molecule has 2 heterocycles. The summed E-state index contributed by atoms with van der Waals surface area (Å²) in [6, 6.07) is 16.0. The van der Waals surface area contributed by atoms with Gasteiger partial charge in [0.2, 0.25) is 0 Å². The first-order valence-electron chi connectivity index (χ1n) is 7.57. The van der Waals surface area contributed by atoms with Crippen LogP contribution in [0.25, 0.3) is 5.69 Å². The third kappa shape index (κ3) is 2.44. The van der Waals surface area contributed by atoms with Crippen molar-refractivity contribution >= 4 is 0 Å². The van der Waals surface area contributed by atoms with E-state index in [4.69, 9.17) is 9.47 Å². The van der Waals surface area contributed by atoms with Crippen LogP contribution in [0, 0.1) is 6.92 Å². The van der Waals surface area contributed by atoms with E-state index in [0.29, 0.717) is 6.42 Å². The van der Waals surface area contributed by atoms with Gasteiger partial charge in [0, 0.05) is 12.5 Å². The Balaban J connectivity index is 1.87. The van der Waals surface area contributed by atoms with E-state index in [1.165, 1.54) is 0 Å². The first-order chi connectivity index (χ1) is 11.2. The fourth-order valence-electron chi connectivity index (χ4n) is 2.89. The van der Waals surface area contributed by atoms with E-state index in [9.17, 15) is 0 Å². The number of aromatic nitrogens is 3. The van der Waals surface area contributed by atoms with Crippen LogP contribution in [0.1, 0.15) is 23.3 Å². The molecular weight excluding hydrogens is 290 g/mol. The highest BCUT2D eigenvalue weighted by atomic mass is 16.5. The molecule has 0 aliphatic carbocycles. The Labute approximate surface area is 134 Å². The van der Waals surface area contributed by atoms with Gasteiger partial charge in [0.05, 0.1) is 7.11 Å². The quantitative estimate of drug-likeness (QED) is 0.729. The number of ether oxygens (including phenoxy) is 2. The fourth-order valence-corrected chi connectivity index (χ4v) is 2.89. The van der Waals surface area contributed by atoms with Crippen LogP contribution in [0.15, 0.2) is 48.5 Å². The van der Waals surface area contributed by atoms with Crippen LogP contribution in [0.3, 0.4) is 0 Å². The smallest absolute Gasteiger partial charge is 0.148 e. The van der Waals surface area contributed by atoms with Crippen molar-refractivity contribution in [3.05, 3.63) is 65.7 Å². The third-order valence-electron chi connectivity index (χ3n) is 3.98. The molecule has 0 radical (unpaired) electrons. The first kappa shape index (κ1) is 13.8. The molecule has 5 heteroatoms. The van der Waals surface area contributed by atoms with E-state index in [2.05, 4.69) is 22.2 Å². The Morgan fingerprint density at radius 3 is 2.78 bits per heavy atom. The van der Waals surface area contributed by atoms with Crippen molar-refractivity contribution in [2.75, 3.05) is 7.11 Å². The van der Waals surface area contributed by atoms with Crippen molar-refractivity contribution in [2.24, 2.45) is 0 Å². The lowest BCUT2D eigenvalue weighted by Gasteiger charge is -2.17. The molecule has 2 aromatic carbocycles. The molecule has 0 saturated heterocycles. The van der Waals surface area contributed by atoms with Crippen molar-refractivity contribution in [3.8, 4) is 17.2 Å². The summed E-state index contributed by atoms with van der Waals surface area (Å²) < 4.78 is 13.5. The molecule has 4 rings (SSSR count). The molecule has 0 N–H and O–H groups in total. The van der Waals surface area contributed by atoms with Crippen LogP contribution in [0.5, 0.6) is 11.5 Å². The molecule has 0 bridgehead atoms. The zero-order valence-corrected chi connectivity index (χ0v) is 13.1. The molecule has 1 aliphatic rings. The summed E-state index contributed by atoms with van der Waals surface area (Å²) >= 11 is 0. The normalized spacial score (nSPS) is 16.0. The lowest BCUT2D eigenvalue weighted by Crippen LogP contribution is -2.10. The molecule has 1 atom stereocenters. The Bertz CT molecular complexity index is 843. The van der Waals surface area contributed by atoms with E-state index < -0.39 is 0 Å². The second-order valence-electron chi connectivity index (χ2n) is 5.54. The van der Waals surface area contributed by atoms with E-state index in [1.54, 1.807) is 7.11 Å². The molecular formula is C18H17N3O2. The Morgan fingerprint density at radius 1 is 1.17 bits per heavy atom. The summed E-state index contributed by atoms with van der Waals surface area (Å²) in [4.78, 5) is 4.57. The van der Waals surface area contributed by atoms with Crippen molar-refractivity contribution in [2.45, 2.75) is 19.4 Å². The molecule has 116 valence electrons. The maximum atomic E-state index is 6.27. The highest BCUT2D eigenvalue weighted by Gasteiger charge is 2.26. The van der Waals surface area contributed by atoms with Crippen molar-refractivity contribution < 1.29 is 9.47 Å². The van der Waals surface area contributed by atoms with E-state index in [-0.39, 0.29) is 6.10 Å². The molecule has 0 spiro atoms. The summed E-state index contributed by atoms with van der Waals surface area (Å²) in [6.45, 7) is 1.90. The molecule has 1 aromatic heterocycles. The molecule has 23 heavy (non-hydrogen) atoms. The summed E-state index contributed by atoms with van der Waals surface area (Å²) in [5.41, 5.74) is 1.99. The topological polar surface area (TPSA) is 49.2 Å². The van der Waals surface area contributed by atoms with Gasteiger partial charge in [-0.1, -0.05) is 30.3 Å². The SMILES string of the molecule is COc1ccc2c(c1)-n1nc(C)nc1CC(c1ccccc1)O2.